The molecule has 8 heteroatoms. The van der Waals surface area contributed by atoms with Gasteiger partial charge in [0, 0.05) is 0 Å². The van der Waals surface area contributed by atoms with Gasteiger partial charge in [-0.1, -0.05) is 17.3 Å². The Balaban J connectivity index is 2.18. The normalized spacial score (nSPS) is 12.4. The second-order valence-electron chi connectivity index (χ2n) is 5.25. The Morgan fingerprint density at radius 3 is 2.57 bits per heavy atom. The maximum atomic E-state index is 12.9. The van der Waals surface area contributed by atoms with Crippen LogP contribution in [0.4, 0.5) is 4.39 Å². The lowest BCUT2D eigenvalue weighted by molar-refractivity contribution is 0.0366. The Labute approximate surface area is 132 Å². The van der Waals surface area contributed by atoms with E-state index in [9.17, 15) is 19.4 Å². The van der Waals surface area contributed by atoms with Gasteiger partial charge in [-0.05, 0) is 31.5 Å². The van der Waals surface area contributed by atoms with Crippen molar-refractivity contribution in [3.63, 3.8) is 0 Å². The highest BCUT2D eigenvalue weighted by molar-refractivity contribution is 5.88. The number of aliphatic hydroxyl groups excluding tert-OH is 2. The Hall–Kier alpha value is -2.32. The quantitative estimate of drug-likeness (QED) is 0.776. The standard InChI is InChI=1S/C15H18FN3O4/c1-9(2)23-15(22)14-12(8-20)19(18-17-14)7-13(21)10-3-5-11(16)6-4-10/h3-6,9,13,20-21H,7-8H2,1-2H3/t13-/m1/s1. The van der Waals surface area contributed by atoms with Crippen LogP contribution in [0.25, 0.3) is 0 Å². The summed E-state index contributed by atoms with van der Waals surface area (Å²) in [6.07, 6.45) is -1.32. The van der Waals surface area contributed by atoms with Gasteiger partial charge in [0.2, 0.25) is 0 Å². The average Bonchev–Trinajstić information content (AvgIpc) is 2.89. The zero-order valence-corrected chi connectivity index (χ0v) is 12.8. The van der Waals surface area contributed by atoms with Crippen molar-refractivity contribution in [1.29, 1.82) is 0 Å². The summed E-state index contributed by atoms with van der Waals surface area (Å²) in [5.74, 6) is -1.09. The van der Waals surface area contributed by atoms with E-state index >= 15 is 0 Å². The summed E-state index contributed by atoms with van der Waals surface area (Å²) in [6, 6.07) is 5.36. The Kier molecular flexibility index (Phi) is 5.41. The number of aromatic nitrogens is 3. The minimum atomic E-state index is -0.989. The predicted molar refractivity (Wildman–Crippen MR) is 77.9 cm³/mol. The van der Waals surface area contributed by atoms with Gasteiger partial charge in [-0.3, -0.25) is 0 Å². The highest BCUT2D eigenvalue weighted by Crippen LogP contribution is 2.17. The summed E-state index contributed by atoms with van der Waals surface area (Å²) < 4.78 is 19.2. The number of rotatable bonds is 6. The third-order valence-electron chi connectivity index (χ3n) is 3.12. The highest BCUT2D eigenvalue weighted by Gasteiger charge is 2.22. The number of carbonyl (C=O) groups excluding carboxylic acids is 1. The molecule has 0 amide bonds. The molecule has 0 saturated heterocycles. The number of ether oxygens (including phenoxy) is 1. The SMILES string of the molecule is CC(C)OC(=O)c1nnn(C[C@@H](O)c2ccc(F)cc2)c1CO. The van der Waals surface area contributed by atoms with Gasteiger partial charge >= 0.3 is 5.97 Å². The number of nitrogens with zero attached hydrogens (tertiary/aromatic N) is 3. The summed E-state index contributed by atoms with van der Waals surface area (Å²) in [5, 5.41) is 27.1. The largest absolute Gasteiger partial charge is 0.458 e. The van der Waals surface area contributed by atoms with Crippen LogP contribution in [0.1, 0.15) is 41.7 Å². The molecule has 1 heterocycles. The van der Waals surface area contributed by atoms with Crippen molar-refractivity contribution in [1.82, 2.24) is 15.0 Å². The van der Waals surface area contributed by atoms with Gasteiger partial charge in [0.15, 0.2) is 5.69 Å². The minimum Gasteiger partial charge on any atom is -0.458 e. The van der Waals surface area contributed by atoms with Gasteiger partial charge in [0.1, 0.15) is 5.82 Å². The molecule has 0 aliphatic carbocycles. The van der Waals surface area contributed by atoms with E-state index in [0.717, 1.165) is 0 Å². The third-order valence-corrected chi connectivity index (χ3v) is 3.12. The smallest absolute Gasteiger partial charge is 0.361 e. The molecule has 0 aliphatic rings. The lowest BCUT2D eigenvalue weighted by atomic mass is 10.1. The summed E-state index contributed by atoms with van der Waals surface area (Å²) in [7, 11) is 0. The number of esters is 1. The van der Waals surface area contributed by atoms with Gasteiger partial charge in [-0.15, -0.1) is 5.10 Å². The van der Waals surface area contributed by atoms with Gasteiger partial charge < -0.3 is 14.9 Å². The molecule has 0 aliphatic heterocycles. The molecule has 0 bridgehead atoms. The van der Waals surface area contributed by atoms with E-state index in [0.29, 0.717) is 5.56 Å². The van der Waals surface area contributed by atoms with E-state index in [-0.39, 0.29) is 24.0 Å². The summed E-state index contributed by atoms with van der Waals surface area (Å²) in [5.41, 5.74) is 0.543. The predicted octanol–water partition coefficient (Wildman–Crippen LogP) is 1.21. The van der Waals surface area contributed by atoms with Crippen LogP contribution in [-0.2, 0) is 17.9 Å². The van der Waals surface area contributed by atoms with Crippen molar-refractivity contribution >= 4 is 5.97 Å². The highest BCUT2D eigenvalue weighted by atomic mass is 19.1. The van der Waals surface area contributed by atoms with Crippen molar-refractivity contribution in [2.24, 2.45) is 0 Å². The zero-order valence-electron chi connectivity index (χ0n) is 12.8. The average molecular weight is 323 g/mol. The molecule has 1 aromatic carbocycles. The number of halogens is 1. The van der Waals surface area contributed by atoms with Crippen LogP contribution >= 0.6 is 0 Å². The molecule has 1 aromatic heterocycles. The molecule has 0 radical (unpaired) electrons. The van der Waals surface area contributed by atoms with E-state index in [1.54, 1.807) is 13.8 Å². The Bertz CT molecular complexity index is 670. The van der Waals surface area contributed by atoms with E-state index < -0.39 is 24.5 Å². The molecule has 2 N–H and O–H groups in total. The summed E-state index contributed by atoms with van der Waals surface area (Å²) in [6.45, 7) is 2.87. The van der Waals surface area contributed by atoms with Crippen molar-refractivity contribution < 1.29 is 24.1 Å². The van der Waals surface area contributed by atoms with E-state index in [2.05, 4.69) is 10.3 Å². The molecule has 124 valence electrons. The Morgan fingerprint density at radius 1 is 1.35 bits per heavy atom. The number of hydrogen-bond acceptors (Lipinski definition) is 6. The molecule has 1 atom stereocenters. The molecule has 0 unspecified atom stereocenters. The van der Waals surface area contributed by atoms with Crippen molar-refractivity contribution in [2.45, 2.75) is 39.2 Å². The van der Waals surface area contributed by atoms with Crippen molar-refractivity contribution in [3.05, 3.63) is 47.0 Å². The third kappa shape index (κ3) is 4.11. The topological polar surface area (TPSA) is 97.5 Å². The molecule has 0 spiro atoms. The molecule has 23 heavy (non-hydrogen) atoms. The van der Waals surface area contributed by atoms with Crippen LogP contribution in [0.5, 0.6) is 0 Å². The van der Waals surface area contributed by atoms with Crippen LogP contribution in [0.3, 0.4) is 0 Å². The van der Waals surface area contributed by atoms with Gasteiger partial charge in [0.25, 0.3) is 0 Å². The monoisotopic (exact) mass is 323 g/mol. The van der Waals surface area contributed by atoms with Crippen LogP contribution in [0.15, 0.2) is 24.3 Å². The van der Waals surface area contributed by atoms with Crippen LogP contribution in [-0.4, -0.2) is 37.3 Å². The van der Waals surface area contributed by atoms with E-state index in [1.807, 2.05) is 0 Å². The lowest BCUT2D eigenvalue weighted by Crippen LogP contribution is -2.16. The van der Waals surface area contributed by atoms with Gasteiger partial charge in [-0.25, -0.2) is 13.9 Å². The van der Waals surface area contributed by atoms with Crippen LogP contribution < -0.4 is 0 Å². The van der Waals surface area contributed by atoms with Crippen LogP contribution in [0, 0.1) is 5.82 Å². The Morgan fingerprint density at radius 2 is 2.00 bits per heavy atom. The molecule has 7 nitrogen and oxygen atoms in total. The second-order valence-corrected chi connectivity index (χ2v) is 5.25. The molecule has 2 aromatic rings. The fraction of sp³-hybridized carbons (Fsp3) is 0.400. The summed E-state index contributed by atoms with van der Waals surface area (Å²) >= 11 is 0. The first-order valence-corrected chi connectivity index (χ1v) is 7.10. The fourth-order valence-corrected chi connectivity index (χ4v) is 2.02. The molecule has 0 fully saturated rings. The number of aliphatic hydroxyl groups is 2. The van der Waals surface area contributed by atoms with E-state index in [1.165, 1.54) is 28.9 Å². The first kappa shape index (κ1) is 17.0. The maximum Gasteiger partial charge on any atom is 0.361 e. The maximum absolute atomic E-state index is 12.9. The number of benzene rings is 1. The molecule has 0 saturated carbocycles. The van der Waals surface area contributed by atoms with Crippen molar-refractivity contribution in [2.75, 3.05) is 0 Å². The number of hydrogen-bond donors (Lipinski definition) is 2. The van der Waals surface area contributed by atoms with Gasteiger partial charge in [0.05, 0.1) is 31.1 Å². The first-order valence-electron chi connectivity index (χ1n) is 7.10. The summed E-state index contributed by atoms with van der Waals surface area (Å²) in [4.78, 5) is 11.9. The second kappa shape index (κ2) is 7.30. The van der Waals surface area contributed by atoms with Crippen molar-refractivity contribution in [3.8, 4) is 0 Å². The van der Waals surface area contributed by atoms with Gasteiger partial charge in [-0.2, -0.15) is 0 Å². The molecular weight excluding hydrogens is 305 g/mol. The fourth-order valence-electron chi connectivity index (χ4n) is 2.02. The van der Waals surface area contributed by atoms with Crippen LogP contribution in [0.2, 0.25) is 0 Å². The van der Waals surface area contributed by atoms with E-state index in [4.69, 9.17) is 4.74 Å². The zero-order chi connectivity index (χ0) is 17.0. The molecule has 2 rings (SSSR count). The lowest BCUT2D eigenvalue weighted by Gasteiger charge is -2.12. The minimum absolute atomic E-state index is 0.0382. The number of carbonyl (C=O) groups is 1. The first-order chi connectivity index (χ1) is 10.9. The molecular formula is C15H18FN3O4.